The number of carboxylic acid groups (broad SMARTS) is 1. The van der Waals surface area contributed by atoms with Gasteiger partial charge in [-0.3, -0.25) is 4.79 Å². The van der Waals surface area contributed by atoms with Crippen LogP contribution < -0.4 is 0 Å². The maximum absolute atomic E-state index is 10.5. The van der Waals surface area contributed by atoms with E-state index in [1.165, 1.54) is 7.11 Å². The molecule has 5 heteroatoms. The molecule has 0 heterocycles. The molecule has 1 atom stereocenters. The Labute approximate surface area is 70.0 Å². The maximum Gasteiger partial charge on any atom is 0.332 e. The van der Waals surface area contributed by atoms with Gasteiger partial charge in [0.15, 0.2) is 6.10 Å². The topological polar surface area (TPSA) is 83.8 Å². The number of hydrogen-bond donors (Lipinski definition) is 2. The zero-order valence-electron chi connectivity index (χ0n) is 6.82. The van der Waals surface area contributed by atoms with Crippen molar-refractivity contribution in [3.63, 3.8) is 0 Å². The van der Waals surface area contributed by atoms with Crippen molar-refractivity contribution < 1.29 is 24.5 Å². The lowest BCUT2D eigenvalue weighted by Gasteiger charge is -2.03. The molecule has 0 aromatic heterocycles. The number of aliphatic hydroxyl groups is 1. The van der Waals surface area contributed by atoms with E-state index < -0.39 is 18.0 Å². The number of carboxylic acids is 1. The molecule has 0 bridgehead atoms. The summed E-state index contributed by atoms with van der Waals surface area (Å²) in [4.78, 5) is 20.6. The predicted octanol–water partition coefficient (Wildman–Crippen LogP) is -0.225. The Morgan fingerprint density at radius 2 is 2.08 bits per heavy atom. The summed E-state index contributed by atoms with van der Waals surface area (Å²) in [5.74, 6) is -1.66. The average Bonchev–Trinajstić information content (AvgIpc) is 2.03. The number of aliphatic hydroxyl groups excluding tert-OH is 1. The fraction of sp³-hybridized carbons (Fsp3) is 0.714. The smallest absolute Gasteiger partial charge is 0.332 e. The highest BCUT2D eigenvalue weighted by Gasteiger charge is 2.12. The first-order valence-corrected chi connectivity index (χ1v) is 3.55. The summed E-state index contributed by atoms with van der Waals surface area (Å²) >= 11 is 0. The molecule has 0 aromatic rings. The number of carbonyl (C=O) groups excluding carboxylic acids is 1. The van der Waals surface area contributed by atoms with E-state index in [2.05, 4.69) is 4.74 Å². The average molecular weight is 176 g/mol. The van der Waals surface area contributed by atoms with Crippen LogP contribution in [0.1, 0.15) is 19.3 Å². The van der Waals surface area contributed by atoms with Crippen LogP contribution in [0.3, 0.4) is 0 Å². The molecule has 70 valence electrons. The van der Waals surface area contributed by atoms with Gasteiger partial charge in [0, 0.05) is 6.42 Å². The normalized spacial score (nSPS) is 12.2. The van der Waals surface area contributed by atoms with E-state index in [4.69, 9.17) is 10.2 Å². The first-order chi connectivity index (χ1) is 5.57. The van der Waals surface area contributed by atoms with Gasteiger partial charge in [-0.05, 0) is 12.8 Å². The largest absolute Gasteiger partial charge is 0.479 e. The molecule has 0 aliphatic carbocycles. The second kappa shape index (κ2) is 5.54. The quantitative estimate of drug-likeness (QED) is 0.565. The van der Waals surface area contributed by atoms with E-state index in [1.54, 1.807) is 0 Å². The van der Waals surface area contributed by atoms with Crippen molar-refractivity contribution >= 4 is 11.9 Å². The van der Waals surface area contributed by atoms with Crippen molar-refractivity contribution in [3.05, 3.63) is 0 Å². The summed E-state index contributed by atoms with van der Waals surface area (Å²) in [5.41, 5.74) is 0. The minimum atomic E-state index is -1.38. The van der Waals surface area contributed by atoms with Crippen LogP contribution in [-0.4, -0.2) is 35.4 Å². The van der Waals surface area contributed by atoms with Crippen molar-refractivity contribution in [1.82, 2.24) is 0 Å². The van der Waals surface area contributed by atoms with Gasteiger partial charge < -0.3 is 14.9 Å². The molecule has 2 N–H and O–H groups in total. The number of methoxy groups -OCH3 is 1. The highest BCUT2D eigenvalue weighted by molar-refractivity contribution is 5.72. The van der Waals surface area contributed by atoms with E-state index in [9.17, 15) is 9.59 Å². The molecule has 12 heavy (non-hydrogen) atoms. The summed E-state index contributed by atoms with van der Waals surface area (Å²) in [7, 11) is 1.26. The molecular formula is C7H12O5. The molecule has 0 saturated heterocycles. The standard InChI is InChI=1S/C7H12O5/c1-12-6(9)4-2-3-5(8)7(10)11/h5,8H,2-4H2,1H3,(H,10,11). The Kier molecular flexibility index (Phi) is 5.03. The Balaban J connectivity index is 3.43. The fourth-order valence-corrected chi connectivity index (χ4v) is 0.665. The summed E-state index contributed by atoms with van der Waals surface area (Å²) < 4.78 is 4.32. The van der Waals surface area contributed by atoms with E-state index >= 15 is 0 Å². The van der Waals surface area contributed by atoms with Gasteiger partial charge in [0.05, 0.1) is 7.11 Å². The van der Waals surface area contributed by atoms with Crippen LogP contribution in [0.5, 0.6) is 0 Å². The lowest BCUT2D eigenvalue weighted by molar-refractivity contribution is -0.148. The molecule has 0 rings (SSSR count). The minimum absolute atomic E-state index is 0.0738. The monoisotopic (exact) mass is 176 g/mol. The first kappa shape index (κ1) is 10.9. The van der Waals surface area contributed by atoms with E-state index in [-0.39, 0.29) is 12.8 Å². The lowest BCUT2D eigenvalue weighted by Crippen LogP contribution is -2.19. The summed E-state index contributed by atoms with van der Waals surface area (Å²) in [5, 5.41) is 17.0. The van der Waals surface area contributed by atoms with E-state index in [0.717, 1.165) is 0 Å². The van der Waals surface area contributed by atoms with Gasteiger partial charge in [0.1, 0.15) is 0 Å². The van der Waals surface area contributed by atoms with Gasteiger partial charge in [-0.25, -0.2) is 4.79 Å². The Bertz CT molecular complexity index is 165. The molecule has 0 amide bonds. The van der Waals surface area contributed by atoms with Crippen LogP contribution in [0.15, 0.2) is 0 Å². The number of esters is 1. The van der Waals surface area contributed by atoms with Crippen LogP contribution in [0.4, 0.5) is 0 Å². The van der Waals surface area contributed by atoms with Crippen molar-refractivity contribution in [2.75, 3.05) is 7.11 Å². The molecule has 0 aliphatic rings. The van der Waals surface area contributed by atoms with Crippen molar-refractivity contribution in [2.45, 2.75) is 25.4 Å². The minimum Gasteiger partial charge on any atom is -0.479 e. The Hall–Kier alpha value is -1.10. The summed E-state index contributed by atoms with van der Waals surface area (Å²) in [6.07, 6.45) is -0.847. The Morgan fingerprint density at radius 1 is 1.50 bits per heavy atom. The van der Waals surface area contributed by atoms with Crippen LogP contribution >= 0.6 is 0 Å². The van der Waals surface area contributed by atoms with Crippen LogP contribution in [-0.2, 0) is 14.3 Å². The molecule has 0 radical (unpaired) electrons. The van der Waals surface area contributed by atoms with Crippen molar-refractivity contribution in [1.29, 1.82) is 0 Å². The van der Waals surface area contributed by atoms with Crippen molar-refractivity contribution in [3.8, 4) is 0 Å². The fourth-order valence-electron chi connectivity index (χ4n) is 0.665. The van der Waals surface area contributed by atoms with Gasteiger partial charge in [-0.1, -0.05) is 0 Å². The predicted molar refractivity (Wildman–Crippen MR) is 39.5 cm³/mol. The van der Waals surface area contributed by atoms with Crippen LogP contribution in [0.25, 0.3) is 0 Å². The van der Waals surface area contributed by atoms with Crippen LogP contribution in [0, 0.1) is 0 Å². The molecule has 0 saturated carbocycles. The van der Waals surface area contributed by atoms with Gasteiger partial charge in [-0.2, -0.15) is 0 Å². The molecule has 0 aliphatic heterocycles. The molecule has 0 fully saturated rings. The maximum atomic E-state index is 10.5. The third-order valence-corrected chi connectivity index (χ3v) is 1.37. The first-order valence-electron chi connectivity index (χ1n) is 3.55. The third kappa shape index (κ3) is 4.68. The highest BCUT2D eigenvalue weighted by Crippen LogP contribution is 2.01. The number of ether oxygens (including phenoxy) is 1. The zero-order chi connectivity index (χ0) is 9.56. The third-order valence-electron chi connectivity index (χ3n) is 1.37. The van der Waals surface area contributed by atoms with Crippen molar-refractivity contribution in [2.24, 2.45) is 0 Å². The van der Waals surface area contributed by atoms with Gasteiger partial charge in [0.2, 0.25) is 0 Å². The number of carbonyl (C=O) groups is 2. The molecule has 1 unspecified atom stereocenters. The van der Waals surface area contributed by atoms with E-state index in [0.29, 0.717) is 6.42 Å². The lowest BCUT2D eigenvalue weighted by atomic mass is 10.1. The molecular weight excluding hydrogens is 164 g/mol. The van der Waals surface area contributed by atoms with E-state index in [1.807, 2.05) is 0 Å². The second-order valence-electron chi connectivity index (χ2n) is 2.32. The number of rotatable bonds is 5. The number of hydrogen-bond acceptors (Lipinski definition) is 4. The molecule has 0 spiro atoms. The molecule has 5 nitrogen and oxygen atoms in total. The number of aliphatic carboxylic acids is 1. The SMILES string of the molecule is COC(=O)CCCC(O)C(=O)O. The van der Waals surface area contributed by atoms with Gasteiger partial charge in [0.25, 0.3) is 0 Å². The second-order valence-corrected chi connectivity index (χ2v) is 2.32. The zero-order valence-corrected chi connectivity index (χ0v) is 6.82. The van der Waals surface area contributed by atoms with Gasteiger partial charge >= 0.3 is 11.9 Å². The molecule has 0 aromatic carbocycles. The van der Waals surface area contributed by atoms with Crippen LogP contribution in [0.2, 0.25) is 0 Å². The highest BCUT2D eigenvalue weighted by atomic mass is 16.5. The summed E-state index contributed by atoms with van der Waals surface area (Å²) in [6, 6.07) is 0. The summed E-state index contributed by atoms with van der Waals surface area (Å²) in [6.45, 7) is 0. The van der Waals surface area contributed by atoms with Gasteiger partial charge in [-0.15, -0.1) is 0 Å². The Morgan fingerprint density at radius 3 is 2.50 bits per heavy atom.